The fourth-order valence-electron chi connectivity index (χ4n) is 9.65. The van der Waals surface area contributed by atoms with Crippen LogP contribution in [0.5, 0.6) is 0 Å². The fourth-order valence-corrected chi connectivity index (χ4v) is 9.65. The summed E-state index contributed by atoms with van der Waals surface area (Å²) in [6.07, 6.45) is 71.7. The Morgan fingerprint density at radius 2 is 0.507 bits per heavy atom. The zero-order valence-corrected chi connectivity index (χ0v) is 48.0. The van der Waals surface area contributed by atoms with Crippen LogP contribution in [0.1, 0.15) is 355 Å². The standard InChI is InChI=1S/C65H122O6/c1-4-7-10-13-16-19-22-25-28-30-32-34-37-40-43-46-49-52-55-58-64(67)70-61-62(60-69-63(66)57-54-51-48-45-42-39-36-27-24-21-18-15-12-9-6-3)71-65(68)59-56-53-50-47-44-41-38-35-33-31-29-26-23-20-17-14-11-8-5-2/h16,19,25,28,62H,4-15,17-18,20-24,26-27,29-61H2,1-3H3/b19-16-,28-25-/t62-/m0/s1. The van der Waals surface area contributed by atoms with Crippen LogP contribution in [0.4, 0.5) is 0 Å². The third-order valence-corrected chi connectivity index (χ3v) is 14.5. The number of unbranched alkanes of at least 4 members (excludes halogenated alkanes) is 44. The van der Waals surface area contributed by atoms with E-state index in [1.54, 1.807) is 0 Å². The van der Waals surface area contributed by atoms with Gasteiger partial charge in [-0.25, -0.2) is 0 Å². The van der Waals surface area contributed by atoms with E-state index >= 15 is 0 Å². The first-order chi connectivity index (χ1) is 35.0. The quantitative estimate of drug-likeness (QED) is 0.0261. The van der Waals surface area contributed by atoms with Crippen LogP contribution in [0.2, 0.25) is 0 Å². The normalized spacial score (nSPS) is 12.1. The second-order valence-corrected chi connectivity index (χ2v) is 21.7. The van der Waals surface area contributed by atoms with Gasteiger partial charge in [-0.3, -0.25) is 14.4 Å². The first kappa shape index (κ1) is 68.9. The number of esters is 3. The largest absolute Gasteiger partial charge is 0.462 e. The molecule has 0 aromatic carbocycles. The maximum absolute atomic E-state index is 12.9. The summed E-state index contributed by atoms with van der Waals surface area (Å²) in [5.41, 5.74) is 0. The van der Waals surface area contributed by atoms with Gasteiger partial charge in [0, 0.05) is 19.3 Å². The Morgan fingerprint density at radius 1 is 0.282 bits per heavy atom. The highest BCUT2D eigenvalue weighted by atomic mass is 16.6. The summed E-state index contributed by atoms with van der Waals surface area (Å²) in [6, 6.07) is 0. The van der Waals surface area contributed by atoms with Crippen LogP contribution in [0.3, 0.4) is 0 Å². The molecule has 0 aliphatic heterocycles. The van der Waals surface area contributed by atoms with Crippen LogP contribution in [0, 0.1) is 0 Å². The molecule has 0 spiro atoms. The Morgan fingerprint density at radius 3 is 0.803 bits per heavy atom. The van der Waals surface area contributed by atoms with Gasteiger partial charge in [0.25, 0.3) is 0 Å². The molecule has 6 heteroatoms. The molecule has 0 saturated heterocycles. The monoisotopic (exact) mass is 999 g/mol. The third-order valence-electron chi connectivity index (χ3n) is 14.5. The minimum Gasteiger partial charge on any atom is -0.462 e. The topological polar surface area (TPSA) is 78.9 Å². The number of rotatable bonds is 59. The molecule has 0 N–H and O–H groups in total. The lowest BCUT2D eigenvalue weighted by molar-refractivity contribution is -0.167. The third kappa shape index (κ3) is 58.7. The van der Waals surface area contributed by atoms with Crippen LogP contribution in [-0.2, 0) is 28.6 Å². The van der Waals surface area contributed by atoms with Crippen LogP contribution in [0.25, 0.3) is 0 Å². The number of carbonyl (C=O) groups excluding carboxylic acids is 3. The Labute approximate surface area is 443 Å². The molecule has 0 amide bonds. The van der Waals surface area contributed by atoms with Crippen molar-refractivity contribution in [2.24, 2.45) is 0 Å². The second-order valence-electron chi connectivity index (χ2n) is 21.7. The van der Waals surface area contributed by atoms with Crippen LogP contribution in [-0.4, -0.2) is 37.2 Å². The summed E-state index contributed by atoms with van der Waals surface area (Å²) >= 11 is 0. The molecule has 1 atom stereocenters. The predicted molar refractivity (Wildman–Crippen MR) is 307 cm³/mol. The van der Waals surface area contributed by atoms with E-state index < -0.39 is 6.10 Å². The molecule has 71 heavy (non-hydrogen) atoms. The first-order valence-corrected chi connectivity index (χ1v) is 31.8. The van der Waals surface area contributed by atoms with Crippen molar-refractivity contribution in [3.05, 3.63) is 24.3 Å². The molecule has 0 fully saturated rings. The van der Waals surface area contributed by atoms with Gasteiger partial charge in [-0.2, -0.15) is 0 Å². The average molecular weight is 1000 g/mol. The lowest BCUT2D eigenvalue weighted by atomic mass is 10.0. The predicted octanol–water partition coefficient (Wildman–Crippen LogP) is 21.4. The molecule has 0 saturated carbocycles. The number of ether oxygens (including phenoxy) is 3. The van der Waals surface area contributed by atoms with Gasteiger partial charge in [0.05, 0.1) is 0 Å². The van der Waals surface area contributed by atoms with Crippen molar-refractivity contribution in [1.29, 1.82) is 0 Å². The van der Waals surface area contributed by atoms with Crippen molar-refractivity contribution >= 4 is 17.9 Å². The number of carbonyl (C=O) groups is 3. The molecule has 0 heterocycles. The molecule has 0 aliphatic carbocycles. The Balaban J connectivity index is 4.31. The van der Waals surface area contributed by atoms with Crippen molar-refractivity contribution in [3.8, 4) is 0 Å². The highest BCUT2D eigenvalue weighted by molar-refractivity contribution is 5.71. The zero-order valence-electron chi connectivity index (χ0n) is 48.0. The van der Waals surface area contributed by atoms with E-state index in [1.807, 2.05) is 0 Å². The number of hydrogen-bond donors (Lipinski definition) is 0. The SMILES string of the molecule is CCCCC/C=C\C/C=C\CCCCCCCCCCCC(=O)OC[C@H](COC(=O)CCCCCCCCCCCCCCCCC)OC(=O)CCCCCCCCCCCCCCCCCCCCC. The van der Waals surface area contributed by atoms with Crippen molar-refractivity contribution < 1.29 is 28.6 Å². The highest BCUT2D eigenvalue weighted by Crippen LogP contribution is 2.18. The lowest BCUT2D eigenvalue weighted by Gasteiger charge is -2.18. The van der Waals surface area contributed by atoms with Gasteiger partial charge in [-0.1, -0.05) is 308 Å². The van der Waals surface area contributed by atoms with Gasteiger partial charge in [0.15, 0.2) is 6.10 Å². The second kappa shape index (κ2) is 60.4. The maximum atomic E-state index is 12.9. The molecule has 418 valence electrons. The summed E-state index contributed by atoms with van der Waals surface area (Å²) in [4.78, 5) is 38.3. The Bertz CT molecular complexity index is 1150. The summed E-state index contributed by atoms with van der Waals surface area (Å²) in [7, 11) is 0. The van der Waals surface area contributed by atoms with Gasteiger partial charge in [-0.05, 0) is 51.4 Å². The van der Waals surface area contributed by atoms with Gasteiger partial charge < -0.3 is 14.2 Å². The first-order valence-electron chi connectivity index (χ1n) is 31.8. The lowest BCUT2D eigenvalue weighted by Crippen LogP contribution is -2.30. The van der Waals surface area contributed by atoms with E-state index in [-0.39, 0.29) is 31.1 Å². The Kier molecular flexibility index (Phi) is 58.6. The van der Waals surface area contributed by atoms with E-state index in [0.717, 1.165) is 64.2 Å². The number of allylic oxidation sites excluding steroid dienone is 4. The molecule has 0 bridgehead atoms. The van der Waals surface area contributed by atoms with Crippen LogP contribution >= 0.6 is 0 Å². The molecular weight excluding hydrogens is 877 g/mol. The average Bonchev–Trinajstić information content (AvgIpc) is 3.37. The van der Waals surface area contributed by atoms with Gasteiger partial charge >= 0.3 is 17.9 Å². The van der Waals surface area contributed by atoms with Crippen molar-refractivity contribution in [2.75, 3.05) is 13.2 Å². The van der Waals surface area contributed by atoms with E-state index in [1.165, 1.54) is 250 Å². The molecule has 0 aliphatic rings. The molecule has 0 radical (unpaired) electrons. The van der Waals surface area contributed by atoms with Crippen molar-refractivity contribution in [2.45, 2.75) is 361 Å². The maximum Gasteiger partial charge on any atom is 0.306 e. The molecule has 6 nitrogen and oxygen atoms in total. The molecule has 0 aromatic rings. The van der Waals surface area contributed by atoms with E-state index in [9.17, 15) is 14.4 Å². The van der Waals surface area contributed by atoms with Crippen LogP contribution in [0.15, 0.2) is 24.3 Å². The number of hydrogen-bond acceptors (Lipinski definition) is 6. The van der Waals surface area contributed by atoms with E-state index in [0.29, 0.717) is 19.3 Å². The van der Waals surface area contributed by atoms with Gasteiger partial charge in [0.1, 0.15) is 13.2 Å². The summed E-state index contributed by atoms with van der Waals surface area (Å²) in [5.74, 6) is -0.842. The molecule has 0 rings (SSSR count). The smallest absolute Gasteiger partial charge is 0.306 e. The van der Waals surface area contributed by atoms with Crippen molar-refractivity contribution in [1.82, 2.24) is 0 Å². The van der Waals surface area contributed by atoms with E-state index in [2.05, 4.69) is 45.1 Å². The van der Waals surface area contributed by atoms with Gasteiger partial charge in [0.2, 0.25) is 0 Å². The molecule has 0 unspecified atom stereocenters. The summed E-state index contributed by atoms with van der Waals surface area (Å²) < 4.78 is 17.0. The molecular formula is C65H122O6. The van der Waals surface area contributed by atoms with E-state index in [4.69, 9.17) is 14.2 Å². The molecule has 0 aromatic heterocycles. The minimum absolute atomic E-state index is 0.0661. The summed E-state index contributed by atoms with van der Waals surface area (Å²) in [5, 5.41) is 0. The summed E-state index contributed by atoms with van der Waals surface area (Å²) in [6.45, 7) is 6.68. The fraction of sp³-hybridized carbons (Fsp3) is 0.892. The highest BCUT2D eigenvalue weighted by Gasteiger charge is 2.19. The van der Waals surface area contributed by atoms with Crippen molar-refractivity contribution in [3.63, 3.8) is 0 Å². The van der Waals surface area contributed by atoms with Gasteiger partial charge in [-0.15, -0.1) is 0 Å². The van der Waals surface area contributed by atoms with Crippen LogP contribution < -0.4 is 0 Å². The Hall–Kier alpha value is -2.11. The zero-order chi connectivity index (χ0) is 51.4. The minimum atomic E-state index is -0.768.